The van der Waals surface area contributed by atoms with Crippen LogP contribution in [0.15, 0.2) is 81.7 Å². The number of piperazine rings is 1. The van der Waals surface area contributed by atoms with Crippen LogP contribution in [0.25, 0.3) is 11.5 Å². The molecule has 3 aromatic carbocycles. The third-order valence-corrected chi connectivity index (χ3v) is 6.79. The lowest BCUT2D eigenvalue weighted by atomic mass is 10.0. The molecule has 1 saturated heterocycles. The van der Waals surface area contributed by atoms with Crippen molar-refractivity contribution in [2.45, 2.75) is 19.9 Å². The minimum Gasteiger partial charge on any atom is -0.419 e. The molecule has 1 aliphatic rings. The predicted molar refractivity (Wildman–Crippen MR) is 135 cm³/mol. The molecule has 0 saturated carbocycles. The molecule has 0 unspecified atom stereocenters. The van der Waals surface area contributed by atoms with E-state index in [0.29, 0.717) is 11.8 Å². The fourth-order valence-electron chi connectivity index (χ4n) is 4.48. The van der Waals surface area contributed by atoms with Gasteiger partial charge in [-0.15, -0.1) is 10.2 Å². The zero-order valence-corrected chi connectivity index (χ0v) is 20.5. The van der Waals surface area contributed by atoms with E-state index in [2.05, 4.69) is 92.2 Å². The summed E-state index contributed by atoms with van der Waals surface area (Å²) in [5, 5.41) is 8.85. The van der Waals surface area contributed by atoms with E-state index in [0.717, 1.165) is 41.8 Å². The molecule has 0 aliphatic carbocycles. The molecule has 168 valence electrons. The molecular weight excluding hydrogens is 476 g/mol. The van der Waals surface area contributed by atoms with E-state index < -0.39 is 0 Å². The van der Waals surface area contributed by atoms with Gasteiger partial charge in [0.15, 0.2) is 0 Å². The smallest absolute Gasteiger partial charge is 0.247 e. The second-order valence-corrected chi connectivity index (χ2v) is 9.49. The van der Waals surface area contributed by atoms with Crippen LogP contribution in [-0.2, 0) is 0 Å². The fraction of sp³-hybridized carbons (Fsp3) is 0.259. The molecule has 6 heteroatoms. The van der Waals surface area contributed by atoms with Crippen molar-refractivity contribution in [3.63, 3.8) is 0 Å². The lowest BCUT2D eigenvalue weighted by molar-refractivity contribution is 0.188. The van der Waals surface area contributed by atoms with Crippen molar-refractivity contribution in [1.82, 2.24) is 15.1 Å². The van der Waals surface area contributed by atoms with Gasteiger partial charge in [-0.2, -0.15) is 0 Å². The summed E-state index contributed by atoms with van der Waals surface area (Å²) < 4.78 is 7.28. The normalized spacial score (nSPS) is 15.5. The Morgan fingerprint density at radius 3 is 2.30 bits per heavy atom. The maximum Gasteiger partial charge on any atom is 0.247 e. The number of aromatic nitrogens is 2. The Morgan fingerprint density at radius 1 is 0.848 bits per heavy atom. The minimum atomic E-state index is -0.0798. The fourth-order valence-corrected chi connectivity index (χ4v) is 4.74. The Morgan fingerprint density at radius 2 is 1.58 bits per heavy atom. The van der Waals surface area contributed by atoms with Crippen LogP contribution >= 0.6 is 15.9 Å². The van der Waals surface area contributed by atoms with Gasteiger partial charge in [0, 0.05) is 41.9 Å². The number of anilines is 1. The van der Waals surface area contributed by atoms with Gasteiger partial charge in [-0.1, -0.05) is 58.4 Å². The Labute approximate surface area is 203 Å². The molecule has 1 aliphatic heterocycles. The SMILES string of the molecule is Cc1ccc(C)c(N2CCN([C@H](c3ccc(Br)cc3)c3nnc(-c4ccccc4)o3)CC2)c1. The van der Waals surface area contributed by atoms with E-state index >= 15 is 0 Å². The summed E-state index contributed by atoms with van der Waals surface area (Å²) in [6, 6.07) is 25.0. The van der Waals surface area contributed by atoms with E-state index in [4.69, 9.17) is 4.42 Å². The quantitative estimate of drug-likeness (QED) is 0.333. The molecule has 5 rings (SSSR count). The summed E-state index contributed by atoms with van der Waals surface area (Å²) in [6.45, 7) is 8.08. The molecule has 0 bridgehead atoms. The zero-order chi connectivity index (χ0) is 22.8. The highest BCUT2D eigenvalue weighted by molar-refractivity contribution is 9.10. The summed E-state index contributed by atoms with van der Waals surface area (Å²) in [5.74, 6) is 1.19. The first-order chi connectivity index (χ1) is 16.1. The second kappa shape index (κ2) is 9.49. The first kappa shape index (κ1) is 21.9. The molecule has 5 nitrogen and oxygen atoms in total. The maximum atomic E-state index is 6.23. The predicted octanol–water partition coefficient (Wildman–Crippen LogP) is 6.03. The molecule has 1 fully saturated rings. The topological polar surface area (TPSA) is 45.4 Å². The number of rotatable bonds is 5. The highest BCUT2D eigenvalue weighted by Crippen LogP contribution is 2.32. The van der Waals surface area contributed by atoms with E-state index in [9.17, 15) is 0 Å². The van der Waals surface area contributed by atoms with Gasteiger partial charge in [0.05, 0.1) is 0 Å². The third kappa shape index (κ3) is 4.72. The maximum absolute atomic E-state index is 6.23. The number of hydrogen-bond acceptors (Lipinski definition) is 5. The number of hydrogen-bond donors (Lipinski definition) is 0. The molecule has 4 aromatic rings. The highest BCUT2D eigenvalue weighted by Gasteiger charge is 2.31. The van der Waals surface area contributed by atoms with Gasteiger partial charge in [0.1, 0.15) is 6.04 Å². The van der Waals surface area contributed by atoms with Crippen molar-refractivity contribution < 1.29 is 4.42 Å². The van der Waals surface area contributed by atoms with Crippen LogP contribution in [0.4, 0.5) is 5.69 Å². The van der Waals surface area contributed by atoms with Crippen LogP contribution in [0, 0.1) is 13.8 Å². The van der Waals surface area contributed by atoms with E-state index in [1.54, 1.807) is 0 Å². The largest absolute Gasteiger partial charge is 0.419 e. The lowest BCUT2D eigenvalue weighted by Crippen LogP contribution is -2.48. The summed E-state index contributed by atoms with van der Waals surface area (Å²) >= 11 is 3.56. The second-order valence-electron chi connectivity index (χ2n) is 8.58. The van der Waals surface area contributed by atoms with Gasteiger partial charge in [-0.25, -0.2) is 0 Å². The molecule has 2 heterocycles. The Hall–Kier alpha value is -2.96. The summed E-state index contributed by atoms with van der Waals surface area (Å²) in [4.78, 5) is 4.94. The van der Waals surface area contributed by atoms with Crippen molar-refractivity contribution in [1.29, 1.82) is 0 Å². The molecule has 1 aromatic heterocycles. The Balaban J connectivity index is 1.42. The number of benzene rings is 3. The van der Waals surface area contributed by atoms with Gasteiger partial charge in [0.2, 0.25) is 11.8 Å². The minimum absolute atomic E-state index is 0.0798. The average molecular weight is 503 g/mol. The van der Waals surface area contributed by atoms with Gasteiger partial charge in [-0.3, -0.25) is 4.90 Å². The zero-order valence-electron chi connectivity index (χ0n) is 18.9. The van der Waals surface area contributed by atoms with Gasteiger partial charge in [-0.05, 0) is 60.9 Å². The third-order valence-electron chi connectivity index (χ3n) is 6.27. The molecule has 0 spiro atoms. The van der Waals surface area contributed by atoms with Gasteiger partial charge in [0.25, 0.3) is 0 Å². The summed E-state index contributed by atoms with van der Waals surface area (Å²) in [6.07, 6.45) is 0. The van der Waals surface area contributed by atoms with Crippen LogP contribution in [-0.4, -0.2) is 41.3 Å². The molecule has 0 radical (unpaired) electrons. The van der Waals surface area contributed by atoms with E-state index in [-0.39, 0.29) is 6.04 Å². The number of halogens is 1. The summed E-state index contributed by atoms with van der Waals surface area (Å²) in [7, 11) is 0. The van der Waals surface area contributed by atoms with Crippen molar-refractivity contribution in [3.8, 4) is 11.5 Å². The molecular formula is C27H27BrN4O. The standard InChI is InChI=1S/C27H27BrN4O/c1-19-8-9-20(2)24(18-19)31-14-16-32(17-15-31)25(21-10-12-23(28)13-11-21)27-30-29-26(33-27)22-6-4-3-5-7-22/h3-13,18,25H,14-17H2,1-2H3/t25-/m1/s1. The van der Waals surface area contributed by atoms with Crippen LogP contribution in [0.2, 0.25) is 0 Å². The van der Waals surface area contributed by atoms with Crippen molar-refractivity contribution >= 4 is 21.6 Å². The number of aryl methyl sites for hydroxylation is 2. The van der Waals surface area contributed by atoms with Crippen LogP contribution < -0.4 is 4.90 Å². The molecule has 0 N–H and O–H groups in total. The van der Waals surface area contributed by atoms with Crippen molar-refractivity contribution in [2.75, 3.05) is 31.1 Å². The van der Waals surface area contributed by atoms with E-state index in [1.807, 2.05) is 30.3 Å². The lowest BCUT2D eigenvalue weighted by Gasteiger charge is -2.39. The van der Waals surface area contributed by atoms with Crippen LogP contribution in [0.1, 0.15) is 28.6 Å². The highest BCUT2D eigenvalue weighted by atomic mass is 79.9. The van der Waals surface area contributed by atoms with E-state index in [1.165, 1.54) is 16.8 Å². The van der Waals surface area contributed by atoms with Gasteiger partial charge >= 0.3 is 0 Å². The summed E-state index contributed by atoms with van der Waals surface area (Å²) in [5.41, 5.74) is 6.04. The van der Waals surface area contributed by atoms with Crippen LogP contribution in [0.5, 0.6) is 0 Å². The Bertz CT molecular complexity index is 1210. The van der Waals surface area contributed by atoms with Crippen molar-refractivity contribution in [3.05, 3.63) is 99.9 Å². The first-order valence-electron chi connectivity index (χ1n) is 11.3. The average Bonchev–Trinajstić information content (AvgIpc) is 3.33. The Kier molecular flexibility index (Phi) is 6.29. The monoisotopic (exact) mass is 502 g/mol. The van der Waals surface area contributed by atoms with Gasteiger partial charge < -0.3 is 9.32 Å². The first-order valence-corrected chi connectivity index (χ1v) is 12.1. The molecule has 1 atom stereocenters. The molecule has 33 heavy (non-hydrogen) atoms. The number of nitrogens with zero attached hydrogens (tertiary/aromatic N) is 4. The molecule has 0 amide bonds. The van der Waals surface area contributed by atoms with Crippen molar-refractivity contribution in [2.24, 2.45) is 0 Å². The van der Waals surface area contributed by atoms with Crippen LogP contribution in [0.3, 0.4) is 0 Å².